The number of methoxy groups -OCH3 is 1. The number of aromatic nitrogens is 1. The van der Waals surface area contributed by atoms with Crippen LogP contribution in [0, 0.1) is 13.8 Å². The predicted molar refractivity (Wildman–Crippen MR) is 47.6 cm³/mol. The summed E-state index contributed by atoms with van der Waals surface area (Å²) in [5, 5.41) is 3.08. The molecule has 0 atom stereocenters. The lowest BCUT2D eigenvalue weighted by Gasteiger charge is -1.96. The van der Waals surface area contributed by atoms with Crippen LogP contribution in [0.4, 0.5) is 9.93 Å². The summed E-state index contributed by atoms with van der Waals surface area (Å²) in [5.74, 6) is 0. The predicted octanol–water partition coefficient (Wildman–Crippen LogP) is 1.94. The Labute approximate surface area is 74.6 Å². The van der Waals surface area contributed by atoms with Crippen LogP contribution in [-0.2, 0) is 4.74 Å². The maximum absolute atomic E-state index is 10.7. The van der Waals surface area contributed by atoms with Crippen molar-refractivity contribution in [1.82, 2.24) is 4.98 Å². The minimum Gasteiger partial charge on any atom is -0.453 e. The van der Waals surface area contributed by atoms with Gasteiger partial charge in [0.15, 0.2) is 5.13 Å². The number of nitrogens with zero attached hydrogens (tertiary/aromatic N) is 1. The lowest BCUT2D eigenvalue weighted by Crippen LogP contribution is -2.10. The number of nitrogens with one attached hydrogen (secondary N) is 1. The van der Waals surface area contributed by atoms with Crippen molar-refractivity contribution in [3.05, 3.63) is 10.6 Å². The second-order valence-corrected chi connectivity index (χ2v) is 3.48. The Morgan fingerprint density at radius 1 is 1.58 bits per heavy atom. The highest BCUT2D eigenvalue weighted by Gasteiger charge is 2.06. The molecule has 1 rings (SSSR count). The summed E-state index contributed by atoms with van der Waals surface area (Å²) in [4.78, 5) is 15.9. The fraction of sp³-hybridized carbons (Fsp3) is 0.429. The second-order valence-electron chi connectivity index (χ2n) is 2.28. The third-order valence-electron chi connectivity index (χ3n) is 1.42. The molecule has 0 radical (unpaired) electrons. The first-order valence-electron chi connectivity index (χ1n) is 3.42. The molecule has 1 amide bonds. The molecule has 0 spiro atoms. The second kappa shape index (κ2) is 3.53. The number of aryl methyl sites for hydroxylation is 2. The molecule has 0 unspecified atom stereocenters. The molecule has 0 aliphatic heterocycles. The van der Waals surface area contributed by atoms with Crippen molar-refractivity contribution < 1.29 is 9.53 Å². The largest absolute Gasteiger partial charge is 0.453 e. The molecular weight excluding hydrogens is 176 g/mol. The van der Waals surface area contributed by atoms with E-state index in [1.807, 2.05) is 13.8 Å². The lowest BCUT2D eigenvalue weighted by molar-refractivity contribution is 0.187. The average Bonchev–Trinajstić information content (AvgIpc) is 2.31. The standard InChI is InChI=1S/C7H10N2O2S/c1-4-5(2)12-6(8-4)9-7(10)11-3/h1-3H3,(H,8,9,10). The van der Waals surface area contributed by atoms with Crippen LogP contribution in [0.5, 0.6) is 0 Å². The summed E-state index contributed by atoms with van der Waals surface area (Å²) < 4.78 is 4.42. The van der Waals surface area contributed by atoms with E-state index in [0.29, 0.717) is 5.13 Å². The summed E-state index contributed by atoms with van der Waals surface area (Å²) in [6.45, 7) is 3.85. The first-order valence-corrected chi connectivity index (χ1v) is 4.24. The molecule has 0 aromatic carbocycles. The smallest absolute Gasteiger partial charge is 0.413 e. The highest BCUT2D eigenvalue weighted by atomic mass is 32.1. The molecule has 5 heteroatoms. The van der Waals surface area contributed by atoms with Gasteiger partial charge in [-0.3, -0.25) is 5.32 Å². The molecule has 12 heavy (non-hydrogen) atoms. The van der Waals surface area contributed by atoms with Gasteiger partial charge in [0.25, 0.3) is 0 Å². The summed E-state index contributed by atoms with van der Waals surface area (Å²) in [5.41, 5.74) is 0.936. The first-order chi connectivity index (χ1) is 5.63. The molecule has 1 heterocycles. The van der Waals surface area contributed by atoms with Gasteiger partial charge in [0.1, 0.15) is 0 Å². The summed E-state index contributed by atoms with van der Waals surface area (Å²) in [6, 6.07) is 0. The van der Waals surface area contributed by atoms with E-state index in [-0.39, 0.29) is 0 Å². The number of carbonyl (C=O) groups is 1. The SMILES string of the molecule is COC(=O)Nc1nc(C)c(C)s1. The summed E-state index contributed by atoms with van der Waals surface area (Å²) >= 11 is 1.43. The highest BCUT2D eigenvalue weighted by molar-refractivity contribution is 7.15. The molecule has 0 aliphatic carbocycles. The van der Waals surface area contributed by atoms with Gasteiger partial charge in [-0.15, -0.1) is 11.3 Å². The van der Waals surface area contributed by atoms with Gasteiger partial charge in [-0.2, -0.15) is 0 Å². The third kappa shape index (κ3) is 1.94. The van der Waals surface area contributed by atoms with E-state index >= 15 is 0 Å². The number of carbonyl (C=O) groups excluding carboxylic acids is 1. The monoisotopic (exact) mass is 186 g/mol. The van der Waals surface area contributed by atoms with Crippen molar-refractivity contribution in [3.63, 3.8) is 0 Å². The molecule has 0 saturated carbocycles. The molecule has 0 aliphatic rings. The van der Waals surface area contributed by atoms with Crippen LogP contribution < -0.4 is 5.32 Å². The van der Waals surface area contributed by atoms with Crippen LogP contribution in [-0.4, -0.2) is 18.2 Å². The van der Waals surface area contributed by atoms with E-state index in [9.17, 15) is 4.79 Å². The first kappa shape index (κ1) is 8.99. The zero-order valence-corrected chi connectivity index (χ0v) is 7.99. The van der Waals surface area contributed by atoms with E-state index < -0.39 is 6.09 Å². The van der Waals surface area contributed by atoms with Crippen molar-refractivity contribution in [3.8, 4) is 0 Å². The molecule has 0 bridgehead atoms. The van der Waals surface area contributed by atoms with Crippen molar-refractivity contribution in [2.75, 3.05) is 12.4 Å². The van der Waals surface area contributed by atoms with E-state index in [4.69, 9.17) is 0 Å². The molecule has 1 N–H and O–H groups in total. The van der Waals surface area contributed by atoms with Gasteiger partial charge < -0.3 is 4.74 Å². The number of anilines is 1. The van der Waals surface area contributed by atoms with E-state index in [0.717, 1.165) is 10.6 Å². The van der Waals surface area contributed by atoms with Crippen LogP contribution >= 0.6 is 11.3 Å². The molecule has 0 saturated heterocycles. The van der Waals surface area contributed by atoms with Crippen LogP contribution in [0.3, 0.4) is 0 Å². The molecule has 1 aromatic heterocycles. The number of hydrogen-bond donors (Lipinski definition) is 1. The number of thiazole rings is 1. The topological polar surface area (TPSA) is 51.2 Å². The maximum atomic E-state index is 10.7. The normalized spacial score (nSPS) is 9.58. The van der Waals surface area contributed by atoms with Crippen molar-refractivity contribution in [2.24, 2.45) is 0 Å². The Balaban J connectivity index is 2.70. The van der Waals surface area contributed by atoms with E-state index in [1.165, 1.54) is 18.4 Å². The van der Waals surface area contributed by atoms with Gasteiger partial charge in [-0.05, 0) is 13.8 Å². The summed E-state index contributed by atoms with van der Waals surface area (Å²) in [7, 11) is 1.32. The zero-order valence-electron chi connectivity index (χ0n) is 7.17. The van der Waals surface area contributed by atoms with Gasteiger partial charge >= 0.3 is 6.09 Å². The molecule has 4 nitrogen and oxygen atoms in total. The highest BCUT2D eigenvalue weighted by Crippen LogP contribution is 2.20. The molecule has 1 aromatic rings. The molecule has 0 fully saturated rings. The van der Waals surface area contributed by atoms with Gasteiger partial charge in [0, 0.05) is 4.88 Å². The van der Waals surface area contributed by atoms with Gasteiger partial charge in [-0.25, -0.2) is 9.78 Å². The van der Waals surface area contributed by atoms with Gasteiger partial charge in [-0.1, -0.05) is 0 Å². The quantitative estimate of drug-likeness (QED) is 0.729. The van der Waals surface area contributed by atoms with Crippen LogP contribution in [0.2, 0.25) is 0 Å². The Hall–Kier alpha value is -1.10. The number of ether oxygens (including phenoxy) is 1. The number of hydrogen-bond acceptors (Lipinski definition) is 4. The van der Waals surface area contributed by atoms with Crippen molar-refractivity contribution in [2.45, 2.75) is 13.8 Å². The van der Waals surface area contributed by atoms with Gasteiger partial charge in [0.2, 0.25) is 0 Å². The van der Waals surface area contributed by atoms with E-state index in [2.05, 4.69) is 15.0 Å². The fourth-order valence-electron chi connectivity index (χ4n) is 0.665. The van der Waals surface area contributed by atoms with Crippen molar-refractivity contribution >= 4 is 22.6 Å². The minimum absolute atomic E-state index is 0.483. The summed E-state index contributed by atoms with van der Waals surface area (Å²) in [6.07, 6.45) is -0.483. The van der Waals surface area contributed by atoms with Gasteiger partial charge in [0.05, 0.1) is 12.8 Å². The van der Waals surface area contributed by atoms with E-state index in [1.54, 1.807) is 0 Å². The fourth-order valence-corrected chi connectivity index (χ4v) is 1.46. The number of amides is 1. The molecule has 66 valence electrons. The Kier molecular flexibility index (Phi) is 2.65. The zero-order chi connectivity index (χ0) is 9.14. The van der Waals surface area contributed by atoms with Crippen LogP contribution in [0.25, 0.3) is 0 Å². The molecular formula is C7H10N2O2S. The Bertz CT molecular complexity index is 276. The Morgan fingerprint density at radius 3 is 2.67 bits per heavy atom. The van der Waals surface area contributed by atoms with Crippen LogP contribution in [0.1, 0.15) is 10.6 Å². The minimum atomic E-state index is -0.483. The lowest BCUT2D eigenvalue weighted by atomic mass is 10.4. The Morgan fingerprint density at radius 2 is 2.25 bits per heavy atom. The maximum Gasteiger partial charge on any atom is 0.413 e. The van der Waals surface area contributed by atoms with Crippen LogP contribution in [0.15, 0.2) is 0 Å². The van der Waals surface area contributed by atoms with Crippen molar-refractivity contribution in [1.29, 1.82) is 0 Å². The average molecular weight is 186 g/mol. The number of rotatable bonds is 1. The third-order valence-corrected chi connectivity index (χ3v) is 2.41.